The van der Waals surface area contributed by atoms with E-state index in [1.807, 2.05) is 6.92 Å². The molecule has 0 aliphatic rings. The van der Waals surface area contributed by atoms with E-state index in [9.17, 15) is 9.59 Å². The first-order valence-electron chi connectivity index (χ1n) is 6.23. The molecule has 0 aromatic heterocycles. The highest BCUT2D eigenvalue weighted by Gasteiger charge is 2.23. The predicted octanol–water partition coefficient (Wildman–Crippen LogP) is 2.93. The van der Waals surface area contributed by atoms with E-state index in [4.69, 9.17) is 0 Å². The highest BCUT2D eigenvalue weighted by atomic mass is 127. The van der Waals surface area contributed by atoms with Gasteiger partial charge in [0.15, 0.2) is 5.78 Å². The Kier molecular flexibility index (Phi) is 9.93. The zero-order valence-corrected chi connectivity index (χ0v) is 14.5. The normalized spacial score (nSPS) is 14.5. The SMILES string of the molecule is C=PCC[C@H](C)C(=O)N[C@@H](CC(C)C)C(=O)CI. The number of alkyl halides is 1. The third kappa shape index (κ3) is 7.47. The fourth-order valence-corrected chi connectivity index (χ4v) is 2.67. The van der Waals surface area contributed by atoms with Crippen LogP contribution in [0.1, 0.15) is 33.6 Å². The van der Waals surface area contributed by atoms with E-state index in [-0.39, 0.29) is 23.7 Å². The van der Waals surface area contributed by atoms with E-state index in [1.165, 1.54) is 0 Å². The molecule has 0 aliphatic heterocycles. The summed E-state index contributed by atoms with van der Waals surface area (Å²) in [4.78, 5) is 23.8. The first kappa shape index (κ1) is 18.0. The molecular formula is C13H23INO2P. The molecule has 0 spiro atoms. The molecular weight excluding hydrogens is 360 g/mol. The van der Waals surface area contributed by atoms with Gasteiger partial charge >= 0.3 is 0 Å². The summed E-state index contributed by atoms with van der Waals surface area (Å²) in [6, 6.07) is -0.325. The van der Waals surface area contributed by atoms with Gasteiger partial charge in [-0.05, 0) is 24.9 Å². The minimum atomic E-state index is -0.325. The Labute approximate surface area is 125 Å². The third-order valence-electron chi connectivity index (χ3n) is 2.71. The van der Waals surface area contributed by atoms with Crippen molar-refractivity contribution in [1.82, 2.24) is 5.32 Å². The number of carbonyl (C=O) groups is 2. The fraction of sp³-hybridized carbons (Fsp3) is 0.769. The molecule has 2 atom stereocenters. The highest BCUT2D eigenvalue weighted by molar-refractivity contribution is 14.1. The Hall–Kier alpha value is 0.0400. The first-order valence-corrected chi connectivity index (χ1v) is 9.02. The molecule has 0 aromatic carbocycles. The van der Waals surface area contributed by atoms with Gasteiger partial charge in [0.05, 0.1) is 10.5 Å². The van der Waals surface area contributed by atoms with Crippen LogP contribution in [-0.4, -0.2) is 34.6 Å². The monoisotopic (exact) mass is 383 g/mol. The average Bonchev–Trinajstić information content (AvgIpc) is 2.33. The van der Waals surface area contributed by atoms with Crippen LogP contribution in [0.4, 0.5) is 0 Å². The van der Waals surface area contributed by atoms with Crippen LogP contribution in [0.5, 0.6) is 0 Å². The number of rotatable bonds is 9. The lowest BCUT2D eigenvalue weighted by Crippen LogP contribution is -2.44. The zero-order chi connectivity index (χ0) is 14.1. The second kappa shape index (κ2) is 9.90. The average molecular weight is 383 g/mol. The maximum atomic E-state index is 12.0. The molecule has 104 valence electrons. The number of hydrogen-bond donors (Lipinski definition) is 1. The van der Waals surface area contributed by atoms with Crippen LogP contribution in [0.3, 0.4) is 0 Å². The lowest BCUT2D eigenvalue weighted by atomic mass is 9.99. The summed E-state index contributed by atoms with van der Waals surface area (Å²) < 4.78 is 0.446. The van der Waals surface area contributed by atoms with Gasteiger partial charge in [0.1, 0.15) is 0 Å². The van der Waals surface area contributed by atoms with E-state index in [0.717, 1.165) is 20.8 Å². The quantitative estimate of drug-likeness (QED) is 0.378. The van der Waals surface area contributed by atoms with Crippen LogP contribution in [0.25, 0.3) is 0 Å². The van der Waals surface area contributed by atoms with Gasteiger partial charge in [0.25, 0.3) is 0 Å². The predicted molar refractivity (Wildman–Crippen MR) is 88.0 cm³/mol. The molecule has 0 rings (SSSR count). The van der Waals surface area contributed by atoms with Crippen molar-refractivity contribution in [2.24, 2.45) is 11.8 Å². The maximum Gasteiger partial charge on any atom is 0.223 e. The van der Waals surface area contributed by atoms with E-state index >= 15 is 0 Å². The number of amides is 1. The van der Waals surface area contributed by atoms with Gasteiger partial charge in [0, 0.05) is 5.92 Å². The topological polar surface area (TPSA) is 46.2 Å². The van der Waals surface area contributed by atoms with Crippen LogP contribution < -0.4 is 5.32 Å². The van der Waals surface area contributed by atoms with Crippen LogP contribution >= 0.6 is 30.8 Å². The second-order valence-corrected chi connectivity index (χ2v) is 6.58. The fourth-order valence-electron chi connectivity index (χ4n) is 1.57. The summed E-state index contributed by atoms with van der Waals surface area (Å²) in [6.07, 6.45) is 6.20. The lowest BCUT2D eigenvalue weighted by molar-refractivity contribution is -0.129. The van der Waals surface area contributed by atoms with Gasteiger partial charge in [0.2, 0.25) is 5.91 Å². The Morgan fingerprint density at radius 3 is 2.39 bits per heavy atom. The van der Waals surface area contributed by atoms with Crippen LogP contribution in [0, 0.1) is 11.8 Å². The van der Waals surface area contributed by atoms with Crippen LogP contribution in [0.15, 0.2) is 0 Å². The van der Waals surface area contributed by atoms with E-state index in [0.29, 0.717) is 16.8 Å². The minimum Gasteiger partial charge on any atom is -0.346 e. The maximum absolute atomic E-state index is 12.0. The van der Waals surface area contributed by atoms with Gasteiger partial charge in [-0.25, -0.2) is 0 Å². The lowest BCUT2D eigenvalue weighted by Gasteiger charge is -2.20. The largest absolute Gasteiger partial charge is 0.346 e. The Bertz CT molecular complexity index is 295. The Morgan fingerprint density at radius 1 is 1.33 bits per heavy atom. The molecule has 0 bridgehead atoms. The molecule has 1 N–H and O–H groups in total. The summed E-state index contributed by atoms with van der Waals surface area (Å²) in [5.74, 6) is 0.453. The molecule has 0 aromatic rings. The molecule has 0 radical (unpaired) electrons. The number of ketones is 1. The summed E-state index contributed by atoms with van der Waals surface area (Å²) in [6.45, 7) is 6.02. The summed E-state index contributed by atoms with van der Waals surface area (Å²) in [7, 11) is 1.06. The highest BCUT2D eigenvalue weighted by Crippen LogP contribution is 2.11. The summed E-state index contributed by atoms with van der Waals surface area (Å²) in [5.41, 5.74) is 0. The zero-order valence-electron chi connectivity index (χ0n) is 11.4. The summed E-state index contributed by atoms with van der Waals surface area (Å²) in [5, 5.41) is 2.89. The van der Waals surface area contributed by atoms with Gasteiger partial charge in [-0.15, -0.1) is 8.20 Å². The van der Waals surface area contributed by atoms with Crippen molar-refractivity contribution in [2.75, 3.05) is 10.6 Å². The molecule has 0 saturated heterocycles. The van der Waals surface area contributed by atoms with Gasteiger partial charge in [-0.1, -0.05) is 49.7 Å². The molecule has 3 nitrogen and oxygen atoms in total. The molecule has 5 heteroatoms. The van der Waals surface area contributed by atoms with Crippen molar-refractivity contribution < 1.29 is 9.59 Å². The second-order valence-electron chi connectivity index (χ2n) is 4.93. The first-order chi connectivity index (χ1) is 8.42. The molecule has 0 unspecified atom stereocenters. The van der Waals surface area contributed by atoms with E-state index in [1.54, 1.807) is 0 Å². The van der Waals surface area contributed by atoms with Gasteiger partial charge in [-0.2, -0.15) is 0 Å². The van der Waals surface area contributed by atoms with Crippen molar-refractivity contribution in [2.45, 2.75) is 39.7 Å². The van der Waals surface area contributed by atoms with Crippen molar-refractivity contribution >= 4 is 48.8 Å². The minimum absolute atomic E-state index is 0.0116. The van der Waals surface area contributed by atoms with Crippen molar-refractivity contribution in [3.8, 4) is 0 Å². The van der Waals surface area contributed by atoms with E-state index < -0.39 is 0 Å². The summed E-state index contributed by atoms with van der Waals surface area (Å²) >= 11 is 2.05. The Balaban J connectivity index is 4.42. The molecule has 1 amide bonds. The smallest absolute Gasteiger partial charge is 0.223 e. The molecule has 0 aliphatic carbocycles. The van der Waals surface area contributed by atoms with Crippen LogP contribution in [-0.2, 0) is 9.59 Å². The molecule has 18 heavy (non-hydrogen) atoms. The Morgan fingerprint density at radius 2 is 1.94 bits per heavy atom. The molecule has 0 saturated carbocycles. The standard InChI is InChI=1S/C13H23INO2P/c1-9(2)7-11(12(16)8-14)15-13(17)10(3)5-6-18-4/h9-11H,4-8H2,1-3H3,(H,15,17)/t10-,11-/m0/s1. The number of Topliss-reactive ketones (excluding diaryl/α,β-unsaturated/α-hetero) is 1. The number of halogens is 1. The molecule has 0 heterocycles. The van der Waals surface area contributed by atoms with Crippen LogP contribution in [0.2, 0.25) is 0 Å². The number of hydrogen-bond acceptors (Lipinski definition) is 2. The number of nitrogens with one attached hydrogen (secondary N) is 1. The van der Waals surface area contributed by atoms with Crippen molar-refractivity contribution in [3.05, 3.63) is 0 Å². The molecule has 0 fully saturated rings. The van der Waals surface area contributed by atoms with Gasteiger partial charge < -0.3 is 5.32 Å². The third-order valence-corrected chi connectivity index (χ3v) is 4.04. The van der Waals surface area contributed by atoms with Gasteiger partial charge in [-0.3, -0.25) is 9.59 Å². The van der Waals surface area contributed by atoms with Crippen molar-refractivity contribution in [3.63, 3.8) is 0 Å². The van der Waals surface area contributed by atoms with E-state index in [2.05, 4.69) is 48.1 Å². The number of carbonyl (C=O) groups excluding carboxylic acids is 2. The van der Waals surface area contributed by atoms with Crippen molar-refractivity contribution in [1.29, 1.82) is 0 Å².